The van der Waals surface area contributed by atoms with Crippen molar-refractivity contribution in [3.8, 4) is 0 Å². The van der Waals surface area contributed by atoms with Crippen LogP contribution in [0.5, 0.6) is 0 Å². The molecule has 1 heterocycles. The lowest BCUT2D eigenvalue weighted by Crippen LogP contribution is -2.35. The van der Waals surface area contributed by atoms with Crippen LogP contribution >= 0.6 is 0 Å². The molecule has 1 aliphatic heterocycles. The number of carbonyl (C=O) groups excluding carboxylic acids is 4. The van der Waals surface area contributed by atoms with Gasteiger partial charge in [-0.25, -0.2) is 0 Å². The molecule has 0 aromatic heterocycles. The first-order chi connectivity index (χ1) is 14.0. The van der Waals surface area contributed by atoms with E-state index in [9.17, 15) is 19.2 Å². The van der Waals surface area contributed by atoms with Crippen molar-refractivity contribution in [2.24, 2.45) is 11.8 Å². The number of nitrogens with one attached hydrogen (secondary N) is 1. The van der Waals surface area contributed by atoms with E-state index in [2.05, 4.69) is 5.32 Å². The third kappa shape index (κ3) is 4.33. The molecule has 7 nitrogen and oxygen atoms in total. The minimum Gasteiger partial charge on any atom is -0.447 e. The summed E-state index contributed by atoms with van der Waals surface area (Å²) in [5.74, 6) is -1.73. The van der Waals surface area contributed by atoms with Crippen LogP contribution in [0.15, 0.2) is 30.3 Å². The molecule has 1 aromatic carbocycles. The van der Waals surface area contributed by atoms with Gasteiger partial charge >= 0.3 is 5.97 Å². The third-order valence-electron chi connectivity index (χ3n) is 5.99. The number of hydrogen-bond acceptors (Lipinski definition) is 5. The summed E-state index contributed by atoms with van der Waals surface area (Å²) in [5.41, 5.74) is 0.596. The lowest BCUT2D eigenvalue weighted by Gasteiger charge is -2.19. The summed E-state index contributed by atoms with van der Waals surface area (Å²) < 4.78 is 5.48. The number of nitrogens with zero attached hydrogens (tertiary/aromatic N) is 1. The normalized spacial score (nSPS) is 24.8. The molecule has 29 heavy (non-hydrogen) atoms. The molecule has 154 valence electrons. The van der Waals surface area contributed by atoms with E-state index in [-0.39, 0.29) is 48.6 Å². The van der Waals surface area contributed by atoms with Gasteiger partial charge in [-0.1, -0.05) is 43.2 Å². The summed E-state index contributed by atoms with van der Waals surface area (Å²) in [5, 5.41) is 2.87. The number of imide groups is 1. The zero-order valence-electron chi connectivity index (χ0n) is 16.3. The molecule has 1 aromatic rings. The molecule has 0 bridgehead atoms. The lowest BCUT2D eigenvalue weighted by atomic mass is 9.81. The fourth-order valence-electron chi connectivity index (χ4n) is 4.25. The van der Waals surface area contributed by atoms with Crippen LogP contribution in [0.3, 0.4) is 0 Å². The summed E-state index contributed by atoms with van der Waals surface area (Å²) in [7, 11) is 0. The highest BCUT2D eigenvalue weighted by Gasteiger charge is 2.48. The summed E-state index contributed by atoms with van der Waals surface area (Å²) >= 11 is 0. The Balaban J connectivity index is 1.37. The molecule has 3 fully saturated rings. The minimum absolute atomic E-state index is 0.00918. The first-order valence-corrected chi connectivity index (χ1v) is 10.4. The average molecular weight is 398 g/mol. The first kappa shape index (κ1) is 19.6. The second-order valence-corrected chi connectivity index (χ2v) is 8.14. The van der Waals surface area contributed by atoms with Gasteiger partial charge in [0.1, 0.15) is 0 Å². The number of carbonyl (C=O) groups is 4. The predicted octanol–water partition coefficient (Wildman–Crippen LogP) is 2.11. The number of rotatable bonds is 7. The lowest BCUT2D eigenvalue weighted by molar-refractivity contribution is -0.157. The average Bonchev–Trinajstić information content (AvgIpc) is 3.52. The van der Waals surface area contributed by atoms with Crippen molar-refractivity contribution >= 4 is 23.7 Å². The van der Waals surface area contributed by atoms with E-state index < -0.39 is 12.1 Å². The number of amides is 3. The Labute approximate surface area is 169 Å². The van der Waals surface area contributed by atoms with E-state index in [1.54, 1.807) is 24.3 Å². The second kappa shape index (κ2) is 8.35. The van der Waals surface area contributed by atoms with Crippen molar-refractivity contribution in [3.05, 3.63) is 35.9 Å². The van der Waals surface area contributed by atoms with Crippen molar-refractivity contribution in [2.45, 2.75) is 57.1 Å². The van der Waals surface area contributed by atoms with Crippen LogP contribution in [0.25, 0.3) is 0 Å². The number of esters is 1. The molecule has 4 rings (SSSR count). The quantitative estimate of drug-likeness (QED) is 0.561. The maximum absolute atomic E-state index is 12.6. The van der Waals surface area contributed by atoms with Gasteiger partial charge in [0.05, 0.1) is 18.3 Å². The van der Waals surface area contributed by atoms with Crippen molar-refractivity contribution in [1.29, 1.82) is 0 Å². The Morgan fingerprint density at radius 2 is 1.62 bits per heavy atom. The zero-order chi connectivity index (χ0) is 20.4. The largest absolute Gasteiger partial charge is 0.447 e. The maximum Gasteiger partial charge on any atom is 0.308 e. The molecule has 0 radical (unpaired) electrons. The highest BCUT2D eigenvalue weighted by molar-refractivity contribution is 6.05. The number of ether oxygens (including phenoxy) is 1. The van der Waals surface area contributed by atoms with Crippen LogP contribution in [0.1, 0.15) is 56.6 Å². The number of benzene rings is 1. The Hall–Kier alpha value is -2.70. The van der Waals surface area contributed by atoms with Gasteiger partial charge in [-0.2, -0.15) is 0 Å². The van der Waals surface area contributed by atoms with Gasteiger partial charge in [-0.3, -0.25) is 24.1 Å². The highest BCUT2D eigenvalue weighted by Crippen LogP contribution is 2.38. The highest BCUT2D eigenvalue weighted by atomic mass is 16.5. The molecule has 7 heteroatoms. The van der Waals surface area contributed by atoms with Crippen LogP contribution in [0, 0.1) is 11.8 Å². The van der Waals surface area contributed by atoms with Gasteiger partial charge < -0.3 is 10.1 Å². The van der Waals surface area contributed by atoms with Crippen LogP contribution in [0.4, 0.5) is 0 Å². The topological polar surface area (TPSA) is 92.8 Å². The molecule has 3 amide bonds. The first-order valence-electron chi connectivity index (χ1n) is 10.4. The van der Waals surface area contributed by atoms with Gasteiger partial charge in [0, 0.05) is 18.2 Å². The van der Waals surface area contributed by atoms with Crippen LogP contribution in [-0.2, 0) is 23.9 Å². The maximum atomic E-state index is 12.6. The van der Waals surface area contributed by atoms with Gasteiger partial charge in [-0.15, -0.1) is 0 Å². The molecule has 3 atom stereocenters. The Morgan fingerprint density at radius 1 is 1.00 bits per heavy atom. The molecule has 0 spiro atoms. The smallest absolute Gasteiger partial charge is 0.308 e. The summed E-state index contributed by atoms with van der Waals surface area (Å²) in [4.78, 5) is 51.3. The van der Waals surface area contributed by atoms with Crippen molar-refractivity contribution in [3.63, 3.8) is 0 Å². The number of fused-ring (bicyclic) bond motifs is 1. The summed E-state index contributed by atoms with van der Waals surface area (Å²) in [6.45, 7) is 0.00918. The van der Waals surface area contributed by atoms with Crippen LogP contribution in [0.2, 0.25) is 0 Å². The third-order valence-corrected chi connectivity index (χ3v) is 5.99. The van der Waals surface area contributed by atoms with Crippen molar-refractivity contribution in [2.75, 3.05) is 6.54 Å². The van der Waals surface area contributed by atoms with E-state index in [0.717, 1.165) is 38.5 Å². The molecule has 2 aliphatic carbocycles. The van der Waals surface area contributed by atoms with Crippen molar-refractivity contribution in [1.82, 2.24) is 10.2 Å². The second-order valence-electron chi connectivity index (χ2n) is 8.14. The van der Waals surface area contributed by atoms with Crippen LogP contribution < -0.4 is 5.32 Å². The SMILES string of the molecule is O=C(CCN1C(=O)[C@H]2CCCC[C@@H]2C1=O)O[C@@H](C(=O)NC1CC1)c1ccccc1. The molecule has 3 aliphatic rings. The zero-order valence-corrected chi connectivity index (χ0v) is 16.3. The van der Waals surface area contributed by atoms with E-state index >= 15 is 0 Å². The summed E-state index contributed by atoms with van der Waals surface area (Å²) in [6, 6.07) is 9.01. The van der Waals surface area contributed by atoms with E-state index in [1.807, 2.05) is 6.07 Å². The molecular formula is C22H26N2O5. The minimum atomic E-state index is -1.03. The Bertz CT molecular complexity index is 781. The van der Waals surface area contributed by atoms with Crippen LogP contribution in [-0.4, -0.2) is 41.2 Å². The molecule has 2 saturated carbocycles. The predicted molar refractivity (Wildman–Crippen MR) is 103 cm³/mol. The molecule has 1 N–H and O–H groups in total. The van der Waals surface area contributed by atoms with Gasteiger partial charge in [-0.05, 0) is 25.7 Å². The number of likely N-dealkylation sites (tertiary alicyclic amines) is 1. The Morgan fingerprint density at radius 3 is 2.21 bits per heavy atom. The van der Waals surface area contributed by atoms with Crippen molar-refractivity contribution < 1.29 is 23.9 Å². The molecule has 1 saturated heterocycles. The monoisotopic (exact) mass is 398 g/mol. The standard InChI is InChI=1S/C22H26N2O5/c25-18(12-13-24-21(27)16-8-4-5-9-17(16)22(24)28)29-19(14-6-2-1-3-7-14)20(26)23-15-10-11-15/h1-3,6-7,15-17,19H,4-5,8-13H2,(H,23,26)/t16-,17-,19+/m0/s1. The molecular weight excluding hydrogens is 372 g/mol. The number of hydrogen-bond donors (Lipinski definition) is 1. The fourth-order valence-corrected chi connectivity index (χ4v) is 4.25. The van der Waals surface area contributed by atoms with E-state index in [1.165, 1.54) is 4.90 Å². The van der Waals surface area contributed by atoms with Gasteiger partial charge in [0.25, 0.3) is 5.91 Å². The molecule has 0 unspecified atom stereocenters. The van der Waals surface area contributed by atoms with Gasteiger partial charge in [0.2, 0.25) is 17.9 Å². The Kier molecular flexibility index (Phi) is 5.65. The summed E-state index contributed by atoms with van der Waals surface area (Å²) in [6.07, 6.45) is 4.14. The van der Waals surface area contributed by atoms with E-state index in [0.29, 0.717) is 5.56 Å². The van der Waals surface area contributed by atoms with E-state index in [4.69, 9.17) is 4.74 Å². The fraction of sp³-hybridized carbons (Fsp3) is 0.545. The van der Waals surface area contributed by atoms with Gasteiger partial charge in [0.15, 0.2) is 0 Å².